The van der Waals surface area contributed by atoms with E-state index in [1.807, 2.05) is 13.0 Å². The van der Waals surface area contributed by atoms with Crippen LogP contribution in [0.1, 0.15) is 25.3 Å². The van der Waals surface area contributed by atoms with Gasteiger partial charge in [0.1, 0.15) is 0 Å². The molecule has 0 fully saturated rings. The Morgan fingerprint density at radius 1 is 1.45 bits per heavy atom. The number of hydrogen-bond donors (Lipinski definition) is 2. The number of halogens is 1. The van der Waals surface area contributed by atoms with Gasteiger partial charge in [-0.3, -0.25) is 4.79 Å². The van der Waals surface area contributed by atoms with Crippen LogP contribution in [-0.4, -0.2) is 26.0 Å². The lowest BCUT2D eigenvalue weighted by Gasteiger charge is -2.10. The zero-order valence-corrected chi connectivity index (χ0v) is 13.8. The van der Waals surface area contributed by atoms with Gasteiger partial charge in [-0.1, -0.05) is 19.1 Å². The first-order valence-electron chi connectivity index (χ1n) is 6.23. The maximum atomic E-state index is 12.1. The van der Waals surface area contributed by atoms with Crippen molar-refractivity contribution in [3.63, 3.8) is 0 Å². The highest BCUT2D eigenvalue weighted by Gasteiger charge is 2.18. The second-order valence-corrected chi connectivity index (χ2v) is 7.19. The number of aliphatic carboxylic acids is 1. The predicted molar refractivity (Wildman–Crippen MR) is 80.1 cm³/mol. The first kappa shape index (κ1) is 17.1. The minimum Gasteiger partial charge on any atom is -0.481 e. The number of aryl methyl sites for hydroxylation is 1. The van der Waals surface area contributed by atoms with Crippen LogP contribution in [0.25, 0.3) is 0 Å². The van der Waals surface area contributed by atoms with Crippen LogP contribution in [-0.2, 0) is 14.8 Å². The molecule has 0 aliphatic rings. The summed E-state index contributed by atoms with van der Waals surface area (Å²) in [6.45, 7) is 3.64. The summed E-state index contributed by atoms with van der Waals surface area (Å²) in [5, 5.41) is 8.74. The topological polar surface area (TPSA) is 83.5 Å². The molecule has 0 amide bonds. The SMILES string of the molecule is Cc1cccc(S(=O)(=O)NCCC[C@H](C)C(=O)O)c1Br. The van der Waals surface area contributed by atoms with Crippen molar-refractivity contribution >= 4 is 31.9 Å². The Bertz CT molecular complexity index is 586. The molecule has 0 unspecified atom stereocenters. The lowest BCUT2D eigenvalue weighted by atomic mass is 10.1. The van der Waals surface area contributed by atoms with Crippen molar-refractivity contribution in [1.82, 2.24) is 4.72 Å². The molecule has 5 nitrogen and oxygen atoms in total. The summed E-state index contributed by atoms with van der Waals surface area (Å²) in [5.74, 6) is -1.33. The molecule has 0 aromatic heterocycles. The number of benzene rings is 1. The summed E-state index contributed by atoms with van der Waals surface area (Å²) in [6.07, 6.45) is 0.920. The van der Waals surface area contributed by atoms with Gasteiger partial charge in [0.15, 0.2) is 0 Å². The lowest BCUT2D eigenvalue weighted by molar-refractivity contribution is -0.141. The van der Waals surface area contributed by atoms with Crippen molar-refractivity contribution in [2.24, 2.45) is 5.92 Å². The van der Waals surface area contributed by atoms with Gasteiger partial charge in [0.2, 0.25) is 10.0 Å². The highest BCUT2D eigenvalue weighted by Crippen LogP contribution is 2.25. The summed E-state index contributed by atoms with van der Waals surface area (Å²) < 4.78 is 27.3. The highest BCUT2D eigenvalue weighted by molar-refractivity contribution is 9.10. The number of carbonyl (C=O) groups is 1. The standard InChI is InChI=1S/C13H18BrNO4S/c1-9-5-3-7-11(12(9)14)20(18,19)15-8-4-6-10(2)13(16)17/h3,5,7,10,15H,4,6,8H2,1-2H3,(H,16,17)/t10-/m0/s1. The predicted octanol–water partition coefficient (Wildman–Crippen LogP) is 2.54. The minimum atomic E-state index is -3.58. The number of carboxylic acid groups (broad SMARTS) is 1. The Hall–Kier alpha value is -0.920. The first-order valence-corrected chi connectivity index (χ1v) is 8.51. The molecule has 1 aromatic carbocycles. The second-order valence-electron chi connectivity index (χ2n) is 4.67. The molecule has 20 heavy (non-hydrogen) atoms. The number of sulfonamides is 1. The van der Waals surface area contributed by atoms with Crippen LogP contribution >= 0.6 is 15.9 Å². The van der Waals surface area contributed by atoms with Crippen molar-refractivity contribution in [3.05, 3.63) is 28.2 Å². The molecule has 112 valence electrons. The zero-order chi connectivity index (χ0) is 15.3. The molecule has 1 atom stereocenters. The molecule has 0 spiro atoms. The summed E-state index contributed by atoms with van der Waals surface area (Å²) in [5.41, 5.74) is 0.840. The molecule has 1 rings (SSSR count). The molecule has 2 N–H and O–H groups in total. The average molecular weight is 364 g/mol. The Balaban J connectivity index is 2.63. The van der Waals surface area contributed by atoms with Crippen LogP contribution < -0.4 is 4.72 Å². The van der Waals surface area contributed by atoms with E-state index in [-0.39, 0.29) is 11.4 Å². The van der Waals surface area contributed by atoms with Crippen LogP contribution in [0.5, 0.6) is 0 Å². The van der Waals surface area contributed by atoms with Crippen molar-refractivity contribution in [1.29, 1.82) is 0 Å². The normalized spacial score (nSPS) is 13.2. The van der Waals surface area contributed by atoms with Gasteiger partial charge in [-0.05, 0) is 47.3 Å². The molecule has 0 saturated heterocycles. The average Bonchev–Trinajstić information content (AvgIpc) is 2.37. The molecule has 0 aliphatic heterocycles. The first-order chi connectivity index (χ1) is 9.25. The smallest absolute Gasteiger partial charge is 0.306 e. The molecule has 0 radical (unpaired) electrons. The van der Waals surface area contributed by atoms with Gasteiger partial charge in [-0.25, -0.2) is 13.1 Å². The van der Waals surface area contributed by atoms with Crippen molar-refractivity contribution in [2.45, 2.75) is 31.6 Å². The van der Waals surface area contributed by atoms with Crippen molar-refractivity contribution in [2.75, 3.05) is 6.54 Å². The molecular formula is C13H18BrNO4S. The maximum absolute atomic E-state index is 12.1. The monoisotopic (exact) mass is 363 g/mol. The van der Waals surface area contributed by atoms with Gasteiger partial charge in [-0.2, -0.15) is 0 Å². The van der Waals surface area contributed by atoms with Crippen molar-refractivity contribution < 1.29 is 18.3 Å². The number of carboxylic acids is 1. The van der Waals surface area contributed by atoms with E-state index >= 15 is 0 Å². The zero-order valence-electron chi connectivity index (χ0n) is 11.4. The fourth-order valence-electron chi connectivity index (χ4n) is 1.64. The summed E-state index contributed by atoms with van der Waals surface area (Å²) in [6, 6.07) is 5.03. The maximum Gasteiger partial charge on any atom is 0.306 e. The number of nitrogens with one attached hydrogen (secondary N) is 1. The van der Waals surface area contributed by atoms with Crippen molar-refractivity contribution in [3.8, 4) is 0 Å². The Morgan fingerprint density at radius 3 is 2.70 bits per heavy atom. The van der Waals surface area contributed by atoms with Gasteiger partial charge >= 0.3 is 5.97 Å². The Labute approximate surface area is 127 Å². The van der Waals surface area contributed by atoms with E-state index in [2.05, 4.69) is 20.7 Å². The fourth-order valence-corrected chi connectivity index (χ4v) is 3.77. The van der Waals surface area contributed by atoms with E-state index in [4.69, 9.17) is 5.11 Å². The molecular weight excluding hydrogens is 346 g/mol. The van der Waals surface area contributed by atoms with Gasteiger partial charge in [0, 0.05) is 11.0 Å². The van der Waals surface area contributed by atoms with Crippen LogP contribution in [0.15, 0.2) is 27.6 Å². The van der Waals surface area contributed by atoms with Crippen LogP contribution in [0, 0.1) is 12.8 Å². The quantitative estimate of drug-likeness (QED) is 0.729. The lowest BCUT2D eigenvalue weighted by Crippen LogP contribution is -2.26. The van der Waals surface area contributed by atoms with Gasteiger partial charge in [0.05, 0.1) is 10.8 Å². The van der Waals surface area contributed by atoms with E-state index in [0.29, 0.717) is 17.3 Å². The van der Waals surface area contributed by atoms with E-state index in [1.54, 1.807) is 13.0 Å². The third-order valence-electron chi connectivity index (χ3n) is 2.97. The number of rotatable bonds is 7. The van der Waals surface area contributed by atoms with Crippen LogP contribution in [0.4, 0.5) is 0 Å². The van der Waals surface area contributed by atoms with E-state index in [1.165, 1.54) is 6.07 Å². The van der Waals surface area contributed by atoms with Crippen LogP contribution in [0.3, 0.4) is 0 Å². The van der Waals surface area contributed by atoms with Gasteiger partial charge in [-0.15, -0.1) is 0 Å². The highest BCUT2D eigenvalue weighted by atomic mass is 79.9. The Morgan fingerprint density at radius 2 is 2.10 bits per heavy atom. The van der Waals surface area contributed by atoms with Gasteiger partial charge < -0.3 is 5.11 Å². The summed E-state index contributed by atoms with van der Waals surface area (Å²) >= 11 is 3.27. The minimum absolute atomic E-state index is 0.198. The van der Waals surface area contributed by atoms with E-state index in [9.17, 15) is 13.2 Å². The molecule has 0 heterocycles. The number of hydrogen-bond acceptors (Lipinski definition) is 3. The summed E-state index contributed by atoms with van der Waals surface area (Å²) in [7, 11) is -3.58. The molecule has 0 bridgehead atoms. The molecule has 0 saturated carbocycles. The fraction of sp³-hybridized carbons (Fsp3) is 0.462. The summed E-state index contributed by atoms with van der Waals surface area (Å²) in [4.78, 5) is 10.8. The van der Waals surface area contributed by atoms with E-state index in [0.717, 1.165) is 5.56 Å². The van der Waals surface area contributed by atoms with E-state index < -0.39 is 21.9 Å². The third-order valence-corrected chi connectivity index (χ3v) is 5.79. The largest absolute Gasteiger partial charge is 0.481 e. The van der Waals surface area contributed by atoms with Gasteiger partial charge in [0.25, 0.3) is 0 Å². The van der Waals surface area contributed by atoms with Crippen LogP contribution in [0.2, 0.25) is 0 Å². The third kappa shape index (κ3) is 4.57. The molecule has 1 aromatic rings. The molecule has 7 heteroatoms. The Kier molecular flexibility index (Phi) is 6.16. The second kappa shape index (κ2) is 7.19. The molecule has 0 aliphatic carbocycles.